The highest BCUT2D eigenvalue weighted by Gasteiger charge is 2.15. The van der Waals surface area contributed by atoms with Crippen LogP contribution in [0.15, 0.2) is 41.2 Å². The Kier molecular flexibility index (Phi) is 2.91. The number of aromatic nitrogens is 2. The van der Waals surface area contributed by atoms with E-state index < -0.39 is 11.6 Å². The first-order valence-electron chi connectivity index (χ1n) is 5.76. The third-order valence-corrected chi connectivity index (χ3v) is 3.19. The number of rotatable bonds is 2. The number of nitrogens with one attached hydrogen (secondary N) is 2. The van der Waals surface area contributed by atoms with Crippen molar-refractivity contribution in [1.82, 2.24) is 9.97 Å². The summed E-state index contributed by atoms with van der Waals surface area (Å²) in [6.45, 7) is 0. The second-order valence-corrected chi connectivity index (χ2v) is 4.73. The van der Waals surface area contributed by atoms with E-state index in [4.69, 9.17) is 11.6 Å². The van der Waals surface area contributed by atoms with Gasteiger partial charge < -0.3 is 9.97 Å². The normalized spacial score (nSPS) is 10.9. The molecule has 0 fully saturated rings. The van der Waals surface area contributed by atoms with Gasteiger partial charge >= 0.3 is 5.69 Å². The summed E-state index contributed by atoms with van der Waals surface area (Å²) in [7, 11) is 0. The Labute approximate surface area is 117 Å². The molecule has 0 spiro atoms. The number of fused-ring (bicyclic) bond motifs is 1. The molecule has 0 saturated carbocycles. The molecule has 3 aromatic rings. The smallest absolute Gasteiger partial charge is 0.306 e. The number of imidazole rings is 1. The standard InChI is InChI=1S/C14H8ClFN2O2/c15-8-2-3-9(10(16)6-8)13(19)7-1-4-11-12(5-7)18-14(20)17-11/h1-6H,(H2,17,18,20). The molecule has 0 bridgehead atoms. The first-order valence-corrected chi connectivity index (χ1v) is 6.14. The van der Waals surface area contributed by atoms with Gasteiger partial charge in [0.1, 0.15) is 5.82 Å². The third-order valence-electron chi connectivity index (χ3n) is 2.95. The topological polar surface area (TPSA) is 65.7 Å². The van der Waals surface area contributed by atoms with Gasteiger partial charge in [-0.1, -0.05) is 11.6 Å². The van der Waals surface area contributed by atoms with Crippen molar-refractivity contribution in [1.29, 1.82) is 0 Å². The van der Waals surface area contributed by atoms with E-state index in [9.17, 15) is 14.0 Å². The predicted molar refractivity (Wildman–Crippen MR) is 73.8 cm³/mol. The molecule has 20 heavy (non-hydrogen) atoms. The zero-order valence-electron chi connectivity index (χ0n) is 10.0. The van der Waals surface area contributed by atoms with E-state index in [1.807, 2.05) is 0 Å². The SMILES string of the molecule is O=C(c1ccc2[nH]c(=O)[nH]c2c1)c1ccc(Cl)cc1F. The quantitative estimate of drug-likeness (QED) is 0.713. The fourth-order valence-corrected chi connectivity index (χ4v) is 2.16. The molecule has 0 aliphatic carbocycles. The summed E-state index contributed by atoms with van der Waals surface area (Å²) >= 11 is 5.65. The Balaban J connectivity index is 2.09. The lowest BCUT2D eigenvalue weighted by atomic mass is 10.0. The zero-order chi connectivity index (χ0) is 14.3. The Morgan fingerprint density at radius 3 is 2.55 bits per heavy atom. The Bertz CT molecular complexity index is 882. The van der Waals surface area contributed by atoms with E-state index in [1.165, 1.54) is 24.3 Å². The molecule has 3 rings (SSSR count). The van der Waals surface area contributed by atoms with Crippen LogP contribution in [0, 0.1) is 5.82 Å². The molecule has 1 aromatic heterocycles. The van der Waals surface area contributed by atoms with Gasteiger partial charge in [-0.25, -0.2) is 9.18 Å². The van der Waals surface area contributed by atoms with Gasteiger partial charge in [0.2, 0.25) is 0 Å². The van der Waals surface area contributed by atoms with Crippen molar-refractivity contribution in [3.05, 3.63) is 68.8 Å². The highest BCUT2D eigenvalue weighted by molar-refractivity contribution is 6.30. The molecule has 0 aliphatic rings. The summed E-state index contributed by atoms with van der Waals surface area (Å²) in [5, 5.41) is 0.226. The largest absolute Gasteiger partial charge is 0.323 e. The molecule has 0 radical (unpaired) electrons. The number of benzene rings is 2. The molecular formula is C14H8ClFN2O2. The highest BCUT2D eigenvalue weighted by atomic mass is 35.5. The van der Waals surface area contributed by atoms with Crippen LogP contribution in [0.1, 0.15) is 15.9 Å². The summed E-state index contributed by atoms with van der Waals surface area (Å²) in [5.41, 5.74) is 0.946. The van der Waals surface area contributed by atoms with Crippen LogP contribution in [0.3, 0.4) is 0 Å². The summed E-state index contributed by atoms with van der Waals surface area (Å²) in [4.78, 5) is 28.5. The Morgan fingerprint density at radius 1 is 1.05 bits per heavy atom. The van der Waals surface area contributed by atoms with E-state index >= 15 is 0 Å². The van der Waals surface area contributed by atoms with Crippen LogP contribution in [-0.2, 0) is 0 Å². The van der Waals surface area contributed by atoms with Crippen molar-refractivity contribution in [2.24, 2.45) is 0 Å². The molecule has 0 atom stereocenters. The number of carbonyl (C=O) groups excluding carboxylic acids is 1. The predicted octanol–water partition coefficient (Wildman–Crippen LogP) is 2.88. The molecule has 0 unspecified atom stereocenters. The van der Waals surface area contributed by atoms with Crippen molar-refractivity contribution in [3.8, 4) is 0 Å². The van der Waals surface area contributed by atoms with E-state index in [1.54, 1.807) is 6.07 Å². The number of carbonyl (C=O) groups is 1. The number of halogens is 2. The molecule has 0 saturated heterocycles. The molecule has 0 amide bonds. The number of hydrogen-bond donors (Lipinski definition) is 2. The number of hydrogen-bond acceptors (Lipinski definition) is 2. The van der Waals surface area contributed by atoms with Crippen molar-refractivity contribution >= 4 is 28.4 Å². The first kappa shape index (κ1) is 12.6. The maximum absolute atomic E-state index is 13.7. The molecule has 1 heterocycles. The maximum Gasteiger partial charge on any atom is 0.323 e. The maximum atomic E-state index is 13.7. The second-order valence-electron chi connectivity index (χ2n) is 4.29. The number of aromatic amines is 2. The molecule has 2 N–H and O–H groups in total. The van der Waals surface area contributed by atoms with Gasteiger partial charge in [-0.15, -0.1) is 0 Å². The number of ketones is 1. The van der Waals surface area contributed by atoms with Crippen molar-refractivity contribution in [2.75, 3.05) is 0 Å². The van der Waals surface area contributed by atoms with Gasteiger partial charge in [0, 0.05) is 10.6 Å². The highest BCUT2D eigenvalue weighted by Crippen LogP contribution is 2.19. The minimum absolute atomic E-state index is 0.0633. The van der Waals surface area contributed by atoms with Gasteiger partial charge in [0.15, 0.2) is 5.78 Å². The summed E-state index contributed by atoms with van der Waals surface area (Å²) < 4.78 is 13.7. The van der Waals surface area contributed by atoms with Crippen molar-refractivity contribution < 1.29 is 9.18 Å². The lowest BCUT2D eigenvalue weighted by Gasteiger charge is -2.03. The van der Waals surface area contributed by atoms with Crippen LogP contribution in [0.4, 0.5) is 4.39 Å². The van der Waals surface area contributed by atoms with Gasteiger partial charge in [-0.3, -0.25) is 4.79 Å². The van der Waals surface area contributed by atoms with Crippen LogP contribution in [0.25, 0.3) is 11.0 Å². The minimum atomic E-state index is -0.676. The minimum Gasteiger partial charge on any atom is -0.306 e. The van der Waals surface area contributed by atoms with Crippen molar-refractivity contribution in [3.63, 3.8) is 0 Å². The van der Waals surface area contributed by atoms with Crippen LogP contribution >= 0.6 is 11.6 Å². The van der Waals surface area contributed by atoms with Crippen LogP contribution in [-0.4, -0.2) is 15.8 Å². The van der Waals surface area contributed by atoms with Gasteiger partial charge in [-0.05, 0) is 36.4 Å². The molecule has 0 aliphatic heterocycles. The van der Waals surface area contributed by atoms with E-state index in [0.717, 1.165) is 6.07 Å². The first-order chi connectivity index (χ1) is 9.54. The van der Waals surface area contributed by atoms with E-state index in [0.29, 0.717) is 11.0 Å². The molecular weight excluding hydrogens is 283 g/mol. The zero-order valence-corrected chi connectivity index (χ0v) is 10.8. The summed E-state index contributed by atoms with van der Waals surface area (Å²) in [6.07, 6.45) is 0. The molecule has 2 aromatic carbocycles. The molecule has 6 heteroatoms. The molecule has 4 nitrogen and oxygen atoms in total. The van der Waals surface area contributed by atoms with Gasteiger partial charge in [0.25, 0.3) is 0 Å². The average Bonchev–Trinajstić information content (AvgIpc) is 2.77. The van der Waals surface area contributed by atoms with E-state index in [-0.39, 0.29) is 21.8 Å². The van der Waals surface area contributed by atoms with E-state index in [2.05, 4.69) is 9.97 Å². The third kappa shape index (κ3) is 2.12. The Morgan fingerprint density at radius 2 is 1.80 bits per heavy atom. The van der Waals surface area contributed by atoms with Crippen LogP contribution in [0.2, 0.25) is 5.02 Å². The van der Waals surface area contributed by atoms with Crippen molar-refractivity contribution in [2.45, 2.75) is 0 Å². The van der Waals surface area contributed by atoms with Crippen LogP contribution < -0.4 is 5.69 Å². The number of H-pyrrole nitrogens is 2. The van der Waals surface area contributed by atoms with Gasteiger partial charge in [-0.2, -0.15) is 0 Å². The lowest BCUT2D eigenvalue weighted by Crippen LogP contribution is -2.04. The van der Waals surface area contributed by atoms with Crippen LogP contribution in [0.5, 0.6) is 0 Å². The second kappa shape index (κ2) is 4.61. The van der Waals surface area contributed by atoms with Gasteiger partial charge in [0.05, 0.1) is 16.6 Å². The lowest BCUT2D eigenvalue weighted by molar-refractivity contribution is 0.103. The molecule has 100 valence electrons. The Hall–Kier alpha value is -2.40. The average molecular weight is 291 g/mol. The fraction of sp³-hybridized carbons (Fsp3) is 0. The fourth-order valence-electron chi connectivity index (χ4n) is 2.00. The monoisotopic (exact) mass is 290 g/mol. The summed E-state index contributed by atoms with van der Waals surface area (Å²) in [6, 6.07) is 8.50. The summed E-state index contributed by atoms with van der Waals surface area (Å²) in [5.74, 6) is -1.15.